The van der Waals surface area contributed by atoms with E-state index in [1.165, 1.54) is 26.7 Å². The number of aliphatic hydroxyl groups excluding tert-OH is 1. The fraction of sp³-hybridized carbons (Fsp3) is 0.333. The second-order valence-corrected chi connectivity index (χ2v) is 11.0. The topological polar surface area (TPSA) is 160 Å². The van der Waals surface area contributed by atoms with Crippen molar-refractivity contribution in [1.29, 1.82) is 0 Å². The van der Waals surface area contributed by atoms with Crippen LogP contribution in [0.25, 0.3) is 22.0 Å². The van der Waals surface area contributed by atoms with Gasteiger partial charge in [-0.15, -0.1) is 0 Å². The summed E-state index contributed by atoms with van der Waals surface area (Å²) in [5, 5.41) is 26.4. The molecule has 0 saturated carbocycles. The zero-order chi connectivity index (χ0) is 31.3. The Balaban J connectivity index is 1.25. The van der Waals surface area contributed by atoms with Crippen molar-refractivity contribution in [1.82, 2.24) is 30.2 Å². The van der Waals surface area contributed by atoms with Crippen LogP contribution in [0.5, 0.6) is 0 Å². The number of hydrogen-bond acceptors (Lipinski definition) is 8. The molecule has 4 heterocycles. The smallest absolute Gasteiger partial charge is 0.269 e. The molecule has 2 aromatic heterocycles. The van der Waals surface area contributed by atoms with Gasteiger partial charge in [-0.2, -0.15) is 15.3 Å². The maximum absolute atomic E-state index is 14.8. The molecule has 0 spiro atoms. The number of anilines is 1. The fourth-order valence-corrected chi connectivity index (χ4v) is 6.15. The van der Waals surface area contributed by atoms with Crippen molar-refractivity contribution < 1.29 is 28.3 Å². The van der Waals surface area contributed by atoms with Crippen molar-refractivity contribution in [2.75, 3.05) is 18.0 Å². The van der Waals surface area contributed by atoms with Crippen molar-refractivity contribution in [3.63, 3.8) is 0 Å². The SMILES string of the molecule is CCN1C(=O)C(NC(=O)C2CC(F)CN2C(O)Cn2nc(C(N)=O)c3cc(-c4ccnnc4)ccc32)c2cc(C)cc(F)c21. The van der Waals surface area contributed by atoms with E-state index >= 15 is 0 Å². The number of alkyl halides is 1. The highest BCUT2D eigenvalue weighted by Crippen LogP contribution is 2.39. The molecule has 1 fully saturated rings. The van der Waals surface area contributed by atoms with Crippen molar-refractivity contribution in [3.05, 3.63) is 71.4 Å². The predicted molar refractivity (Wildman–Crippen MR) is 155 cm³/mol. The van der Waals surface area contributed by atoms with Gasteiger partial charge in [-0.05, 0) is 49.2 Å². The second kappa shape index (κ2) is 11.4. The number of rotatable bonds is 8. The normalized spacial score (nSPS) is 20.7. The van der Waals surface area contributed by atoms with E-state index in [1.54, 1.807) is 50.4 Å². The molecule has 0 radical (unpaired) electrons. The number of likely N-dealkylation sites (tertiary alicyclic amines) is 1. The van der Waals surface area contributed by atoms with Gasteiger partial charge < -0.3 is 21.1 Å². The molecule has 2 aliphatic rings. The number of nitrogens with one attached hydrogen (secondary N) is 1. The van der Waals surface area contributed by atoms with Gasteiger partial charge in [0.15, 0.2) is 5.69 Å². The molecule has 14 heteroatoms. The third-order valence-electron chi connectivity index (χ3n) is 8.15. The van der Waals surface area contributed by atoms with Crippen LogP contribution in [0.3, 0.4) is 0 Å². The standard InChI is InChI=1S/C30H30F2N8O4/c1-3-38-27-20(8-15(2)9-21(27)32)26(30(38)44)36-29(43)23-11-18(31)13-39(23)24(41)14-40-22-5-4-16(17-6-7-34-35-12-17)10-19(22)25(37-40)28(33)42/h4-10,12,18,23-24,26,41H,3,11,13-14H2,1-2H3,(H2,33,42)(H,36,43). The van der Waals surface area contributed by atoms with E-state index in [0.29, 0.717) is 22.0 Å². The van der Waals surface area contributed by atoms with Crippen LogP contribution in [0.4, 0.5) is 14.5 Å². The molecule has 228 valence electrons. The Kier molecular flexibility index (Phi) is 7.55. The summed E-state index contributed by atoms with van der Waals surface area (Å²) in [5.41, 5.74) is 8.60. The summed E-state index contributed by atoms with van der Waals surface area (Å²) in [4.78, 5) is 41.5. The molecule has 4 N–H and O–H groups in total. The number of carbonyl (C=O) groups is 3. The minimum absolute atomic E-state index is 0.0171. The number of aliphatic hydroxyl groups is 1. The first-order valence-electron chi connectivity index (χ1n) is 14.1. The highest BCUT2D eigenvalue weighted by atomic mass is 19.1. The summed E-state index contributed by atoms with van der Waals surface area (Å²) in [5.74, 6) is -2.51. The third kappa shape index (κ3) is 5.05. The van der Waals surface area contributed by atoms with Gasteiger partial charge in [-0.25, -0.2) is 8.78 Å². The Bertz CT molecular complexity index is 1780. The number of fused-ring (bicyclic) bond motifs is 2. The summed E-state index contributed by atoms with van der Waals surface area (Å²) in [6.07, 6.45) is 0.0748. The van der Waals surface area contributed by atoms with Crippen LogP contribution in [0.15, 0.2) is 48.8 Å². The lowest BCUT2D eigenvalue weighted by Gasteiger charge is -2.29. The van der Waals surface area contributed by atoms with Gasteiger partial charge in [0.1, 0.15) is 24.3 Å². The number of primary amides is 1. The average Bonchev–Trinajstić information content (AvgIpc) is 3.65. The van der Waals surface area contributed by atoms with E-state index in [-0.39, 0.29) is 37.4 Å². The van der Waals surface area contributed by atoms with Crippen molar-refractivity contribution in [3.8, 4) is 11.1 Å². The minimum Gasteiger partial charge on any atom is -0.376 e. The van der Waals surface area contributed by atoms with Crippen molar-refractivity contribution in [2.45, 2.75) is 51.3 Å². The number of likely N-dealkylation sites (N-methyl/N-ethyl adjacent to an activating group) is 1. The molecule has 0 aliphatic carbocycles. The Morgan fingerprint density at radius 3 is 2.68 bits per heavy atom. The molecule has 4 atom stereocenters. The zero-order valence-corrected chi connectivity index (χ0v) is 23.9. The number of nitrogens with zero attached hydrogens (tertiary/aromatic N) is 6. The van der Waals surface area contributed by atoms with Crippen molar-refractivity contribution in [2.24, 2.45) is 5.73 Å². The Labute approximate surface area is 250 Å². The summed E-state index contributed by atoms with van der Waals surface area (Å²) >= 11 is 0. The number of amides is 3. The zero-order valence-electron chi connectivity index (χ0n) is 23.9. The molecular weight excluding hydrogens is 574 g/mol. The first-order chi connectivity index (χ1) is 21.1. The maximum atomic E-state index is 14.8. The minimum atomic E-state index is -1.43. The molecule has 4 unspecified atom stereocenters. The Hall–Kier alpha value is -4.82. The van der Waals surface area contributed by atoms with Crippen LogP contribution >= 0.6 is 0 Å². The Morgan fingerprint density at radius 1 is 1.18 bits per heavy atom. The first kappa shape index (κ1) is 29.3. The highest BCUT2D eigenvalue weighted by molar-refractivity contribution is 6.07. The molecule has 4 aromatic rings. The molecule has 12 nitrogen and oxygen atoms in total. The highest BCUT2D eigenvalue weighted by Gasteiger charge is 2.45. The van der Waals surface area contributed by atoms with Gasteiger partial charge in [0.2, 0.25) is 5.91 Å². The quantitative estimate of drug-likeness (QED) is 0.275. The molecule has 2 aliphatic heterocycles. The van der Waals surface area contributed by atoms with Crippen LogP contribution in [0.1, 0.15) is 41.0 Å². The molecule has 1 saturated heterocycles. The number of carbonyl (C=O) groups excluding carboxylic acids is 3. The van der Waals surface area contributed by atoms with Crippen LogP contribution in [-0.4, -0.2) is 79.2 Å². The number of aromatic nitrogens is 4. The monoisotopic (exact) mass is 604 g/mol. The van der Waals surface area contributed by atoms with Crippen LogP contribution in [0, 0.1) is 12.7 Å². The maximum Gasteiger partial charge on any atom is 0.269 e. The molecule has 6 rings (SSSR count). The van der Waals surface area contributed by atoms with Crippen LogP contribution < -0.4 is 16.0 Å². The number of hydrogen-bond donors (Lipinski definition) is 3. The number of halogens is 2. The van der Waals surface area contributed by atoms with E-state index in [0.717, 1.165) is 11.1 Å². The first-order valence-corrected chi connectivity index (χ1v) is 14.1. The third-order valence-corrected chi connectivity index (χ3v) is 8.15. The lowest BCUT2D eigenvalue weighted by Crippen LogP contribution is -2.50. The second-order valence-electron chi connectivity index (χ2n) is 11.0. The Morgan fingerprint density at radius 2 is 1.98 bits per heavy atom. The van der Waals surface area contributed by atoms with Gasteiger partial charge in [0.05, 0.1) is 36.2 Å². The molecule has 3 amide bonds. The van der Waals surface area contributed by atoms with Gasteiger partial charge in [0, 0.05) is 36.0 Å². The lowest BCUT2D eigenvalue weighted by molar-refractivity contribution is -0.133. The van der Waals surface area contributed by atoms with Gasteiger partial charge in [-0.3, -0.25) is 24.0 Å². The van der Waals surface area contributed by atoms with E-state index in [1.807, 2.05) is 0 Å². The average molecular weight is 605 g/mol. The summed E-state index contributed by atoms with van der Waals surface area (Å²) in [6.45, 7) is 3.13. The molecule has 2 aromatic carbocycles. The van der Waals surface area contributed by atoms with Crippen molar-refractivity contribution >= 4 is 34.3 Å². The summed E-state index contributed by atoms with van der Waals surface area (Å²) < 4.78 is 31.0. The van der Waals surface area contributed by atoms with Crippen LogP contribution in [0.2, 0.25) is 0 Å². The number of benzene rings is 2. The van der Waals surface area contributed by atoms with Crippen LogP contribution in [-0.2, 0) is 16.1 Å². The lowest BCUT2D eigenvalue weighted by atomic mass is 10.0. The predicted octanol–water partition coefficient (Wildman–Crippen LogP) is 1.99. The van der Waals surface area contributed by atoms with E-state index in [4.69, 9.17) is 5.73 Å². The molecule has 44 heavy (non-hydrogen) atoms. The number of nitrogens with two attached hydrogens (primary N) is 1. The van der Waals surface area contributed by atoms with E-state index < -0.39 is 48.0 Å². The van der Waals surface area contributed by atoms with E-state index in [9.17, 15) is 28.3 Å². The fourth-order valence-electron chi connectivity index (χ4n) is 6.15. The number of aryl methyl sites for hydroxylation is 1. The largest absolute Gasteiger partial charge is 0.376 e. The summed E-state index contributed by atoms with van der Waals surface area (Å²) in [7, 11) is 0. The summed E-state index contributed by atoms with van der Waals surface area (Å²) in [6, 6.07) is 7.69. The van der Waals surface area contributed by atoms with E-state index in [2.05, 4.69) is 20.6 Å². The van der Waals surface area contributed by atoms with Gasteiger partial charge >= 0.3 is 0 Å². The molecular formula is C30H30F2N8O4. The molecule has 0 bridgehead atoms. The van der Waals surface area contributed by atoms with Gasteiger partial charge in [0.25, 0.3) is 11.8 Å². The van der Waals surface area contributed by atoms with Gasteiger partial charge in [-0.1, -0.05) is 12.1 Å².